The molecule has 2 aromatic carbocycles. The minimum absolute atomic E-state index is 0.191. The molecule has 3 aromatic rings. The standard InChI is InChI=1S/C32H44N2O4Si/c1-32(2,3)39(6,7)38-19-18-34(17-16-25-22-33-29-21-26(36-4)11-13-27(25)29)30-14-10-24-20-23(8-12-28(24)30)9-15-31(35)37-5/h8-9,11-13,15,20-22,30,33H,10,14,16-19H2,1-7H3. The summed E-state index contributed by atoms with van der Waals surface area (Å²) in [4.78, 5) is 17.6. The van der Waals surface area contributed by atoms with Gasteiger partial charge in [-0.05, 0) is 77.9 Å². The lowest BCUT2D eigenvalue weighted by Crippen LogP contribution is -2.43. The number of fused-ring (bicyclic) bond motifs is 2. The Bertz CT molecular complexity index is 1320. The molecule has 0 fully saturated rings. The number of benzene rings is 2. The first kappa shape index (κ1) is 29.1. The molecule has 0 radical (unpaired) electrons. The van der Waals surface area contributed by atoms with Gasteiger partial charge in [0.1, 0.15) is 5.75 Å². The maximum absolute atomic E-state index is 11.5. The van der Waals surface area contributed by atoms with Crippen LogP contribution < -0.4 is 4.74 Å². The van der Waals surface area contributed by atoms with Gasteiger partial charge in [-0.25, -0.2) is 4.79 Å². The number of H-pyrrole nitrogens is 1. The number of carbonyl (C=O) groups excluding carboxylic acids is 1. The number of aromatic amines is 1. The van der Waals surface area contributed by atoms with Gasteiger partial charge in [-0.3, -0.25) is 4.90 Å². The van der Waals surface area contributed by atoms with E-state index in [0.717, 1.165) is 55.8 Å². The fourth-order valence-corrected chi connectivity index (χ4v) is 6.19. The van der Waals surface area contributed by atoms with E-state index in [-0.39, 0.29) is 11.0 Å². The van der Waals surface area contributed by atoms with Crippen molar-refractivity contribution < 1.29 is 18.7 Å². The SMILES string of the molecule is COC(=O)C=Cc1ccc2c(c1)CCC2N(CCO[Si](C)(C)C(C)(C)C)CCc1c[nH]c2cc(OC)ccc12. The van der Waals surface area contributed by atoms with Crippen molar-refractivity contribution in [3.8, 4) is 5.75 Å². The number of aryl methyl sites for hydroxylation is 1. The van der Waals surface area contributed by atoms with E-state index in [2.05, 4.69) is 80.3 Å². The summed E-state index contributed by atoms with van der Waals surface area (Å²) in [6.07, 6.45) is 8.53. The van der Waals surface area contributed by atoms with E-state index in [9.17, 15) is 4.79 Å². The van der Waals surface area contributed by atoms with Crippen molar-refractivity contribution >= 4 is 31.3 Å². The number of methoxy groups -OCH3 is 2. The van der Waals surface area contributed by atoms with Gasteiger partial charge >= 0.3 is 5.97 Å². The number of carbonyl (C=O) groups is 1. The Kier molecular flexibility index (Phi) is 9.04. The van der Waals surface area contributed by atoms with Crippen LogP contribution in [0.3, 0.4) is 0 Å². The molecule has 4 rings (SSSR count). The summed E-state index contributed by atoms with van der Waals surface area (Å²) in [5.41, 5.74) is 6.21. The lowest BCUT2D eigenvalue weighted by molar-refractivity contribution is -0.134. The van der Waals surface area contributed by atoms with Crippen LogP contribution in [0.4, 0.5) is 0 Å². The van der Waals surface area contributed by atoms with Crippen molar-refractivity contribution in [3.63, 3.8) is 0 Å². The average molecular weight is 549 g/mol. The average Bonchev–Trinajstić information content (AvgIpc) is 3.51. The highest BCUT2D eigenvalue weighted by Gasteiger charge is 2.37. The molecule has 1 unspecified atom stereocenters. The largest absolute Gasteiger partial charge is 0.497 e. The molecule has 6 nitrogen and oxygen atoms in total. The van der Waals surface area contributed by atoms with Gasteiger partial charge in [-0.15, -0.1) is 0 Å². The first-order valence-electron chi connectivity index (χ1n) is 13.9. The molecule has 0 aliphatic heterocycles. The molecule has 39 heavy (non-hydrogen) atoms. The van der Waals surface area contributed by atoms with E-state index < -0.39 is 8.32 Å². The van der Waals surface area contributed by atoms with Gasteiger partial charge in [-0.1, -0.05) is 39.0 Å². The highest BCUT2D eigenvalue weighted by atomic mass is 28.4. The Morgan fingerprint density at radius 1 is 1.13 bits per heavy atom. The van der Waals surface area contributed by atoms with Gasteiger partial charge < -0.3 is 18.9 Å². The predicted molar refractivity (Wildman–Crippen MR) is 162 cm³/mol. The van der Waals surface area contributed by atoms with Crippen molar-refractivity contribution in [1.29, 1.82) is 0 Å². The lowest BCUT2D eigenvalue weighted by Gasteiger charge is -2.37. The van der Waals surface area contributed by atoms with Crippen LogP contribution in [-0.4, -0.2) is 58.1 Å². The van der Waals surface area contributed by atoms with E-state index in [1.54, 1.807) is 7.11 Å². The quantitative estimate of drug-likeness (QED) is 0.160. The van der Waals surface area contributed by atoms with Gasteiger partial charge in [0.15, 0.2) is 8.32 Å². The second-order valence-corrected chi connectivity index (χ2v) is 16.8. The summed E-state index contributed by atoms with van der Waals surface area (Å²) >= 11 is 0. The molecule has 0 saturated carbocycles. The zero-order valence-corrected chi connectivity index (χ0v) is 25.6. The Morgan fingerprint density at radius 2 is 1.92 bits per heavy atom. The van der Waals surface area contributed by atoms with Crippen LogP contribution in [-0.2, 0) is 26.8 Å². The third-order valence-corrected chi connectivity index (χ3v) is 13.1. The van der Waals surface area contributed by atoms with E-state index in [1.165, 1.54) is 35.3 Å². The van der Waals surface area contributed by atoms with Crippen molar-refractivity contribution in [2.24, 2.45) is 0 Å². The number of aromatic nitrogens is 1. The molecule has 0 amide bonds. The van der Waals surface area contributed by atoms with Crippen molar-refractivity contribution in [3.05, 3.63) is 70.9 Å². The number of ether oxygens (including phenoxy) is 2. The minimum Gasteiger partial charge on any atom is -0.497 e. The zero-order chi connectivity index (χ0) is 28.2. The molecule has 0 bridgehead atoms. The van der Waals surface area contributed by atoms with Gasteiger partial charge in [0.25, 0.3) is 0 Å². The Morgan fingerprint density at radius 3 is 2.64 bits per heavy atom. The van der Waals surface area contributed by atoms with E-state index in [4.69, 9.17) is 13.9 Å². The zero-order valence-electron chi connectivity index (χ0n) is 24.6. The molecule has 1 heterocycles. The number of nitrogens with one attached hydrogen (secondary N) is 1. The van der Waals surface area contributed by atoms with Gasteiger partial charge in [0.05, 0.1) is 14.2 Å². The summed E-state index contributed by atoms with van der Waals surface area (Å²) in [5.74, 6) is 0.528. The summed E-state index contributed by atoms with van der Waals surface area (Å²) in [7, 11) is 1.28. The van der Waals surface area contributed by atoms with Crippen LogP contribution in [0.5, 0.6) is 5.75 Å². The number of nitrogens with zero attached hydrogens (tertiary/aromatic N) is 1. The fourth-order valence-electron chi connectivity index (χ4n) is 5.15. The first-order valence-corrected chi connectivity index (χ1v) is 16.8. The second kappa shape index (κ2) is 12.1. The molecule has 1 aliphatic rings. The Hall–Kier alpha value is -2.87. The van der Waals surface area contributed by atoms with Gasteiger partial charge in [-0.2, -0.15) is 0 Å². The summed E-state index contributed by atoms with van der Waals surface area (Å²) in [5, 5.41) is 1.44. The van der Waals surface area contributed by atoms with Crippen molar-refractivity contribution in [2.75, 3.05) is 33.9 Å². The van der Waals surface area contributed by atoms with Crippen LogP contribution in [0.15, 0.2) is 48.7 Å². The van der Waals surface area contributed by atoms with Crippen LogP contribution in [0.1, 0.15) is 55.5 Å². The van der Waals surface area contributed by atoms with Crippen molar-refractivity contribution in [2.45, 2.75) is 64.2 Å². The highest BCUT2D eigenvalue weighted by molar-refractivity contribution is 6.74. The summed E-state index contributed by atoms with van der Waals surface area (Å²) in [6, 6.07) is 13.2. The molecule has 7 heteroatoms. The third-order valence-electron chi connectivity index (χ3n) is 8.56. The normalized spacial score (nSPS) is 15.8. The number of rotatable bonds is 11. The molecule has 1 aliphatic carbocycles. The van der Waals surface area contributed by atoms with E-state index in [1.807, 2.05) is 12.1 Å². The van der Waals surface area contributed by atoms with Crippen LogP contribution in [0.2, 0.25) is 18.1 Å². The number of hydrogen-bond donors (Lipinski definition) is 1. The molecule has 1 atom stereocenters. The fraction of sp³-hybridized carbons (Fsp3) is 0.469. The summed E-state index contributed by atoms with van der Waals surface area (Å²) in [6.45, 7) is 14.1. The van der Waals surface area contributed by atoms with Gasteiger partial charge in [0.2, 0.25) is 0 Å². The second-order valence-electron chi connectivity index (χ2n) is 12.0. The smallest absolute Gasteiger partial charge is 0.330 e. The molecule has 0 spiro atoms. The lowest BCUT2D eigenvalue weighted by atomic mass is 10.0. The third kappa shape index (κ3) is 6.83. The van der Waals surface area contributed by atoms with Crippen LogP contribution >= 0.6 is 0 Å². The van der Waals surface area contributed by atoms with Crippen LogP contribution in [0, 0.1) is 0 Å². The van der Waals surface area contributed by atoms with Gasteiger partial charge in [0, 0.05) is 55.0 Å². The molecular weight excluding hydrogens is 504 g/mol. The first-order chi connectivity index (χ1) is 18.5. The maximum atomic E-state index is 11.5. The number of hydrogen-bond acceptors (Lipinski definition) is 5. The molecule has 210 valence electrons. The maximum Gasteiger partial charge on any atom is 0.330 e. The molecule has 0 saturated heterocycles. The minimum atomic E-state index is -1.82. The Labute approximate surface area is 234 Å². The molecular formula is C32H44N2O4Si. The topological polar surface area (TPSA) is 63.8 Å². The monoisotopic (exact) mass is 548 g/mol. The Balaban J connectivity index is 1.53. The number of esters is 1. The summed E-state index contributed by atoms with van der Waals surface area (Å²) < 4.78 is 16.8. The van der Waals surface area contributed by atoms with Crippen LogP contribution in [0.25, 0.3) is 17.0 Å². The van der Waals surface area contributed by atoms with E-state index in [0.29, 0.717) is 6.04 Å². The van der Waals surface area contributed by atoms with Crippen molar-refractivity contribution in [1.82, 2.24) is 9.88 Å². The predicted octanol–water partition coefficient (Wildman–Crippen LogP) is 6.92. The molecule has 1 aromatic heterocycles. The van der Waals surface area contributed by atoms with E-state index >= 15 is 0 Å². The highest BCUT2D eigenvalue weighted by Crippen LogP contribution is 2.38. The molecule has 1 N–H and O–H groups in total.